The molecule has 0 radical (unpaired) electrons. The van der Waals surface area contributed by atoms with Crippen molar-refractivity contribution in [2.24, 2.45) is 0 Å². The Bertz CT molecular complexity index is 503. The van der Waals surface area contributed by atoms with Crippen LogP contribution in [0.5, 0.6) is 0 Å². The van der Waals surface area contributed by atoms with Gasteiger partial charge in [0.05, 0.1) is 11.6 Å². The van der Waals surface area contributed by atoms with E-state index in [-0.39, 0.29) is 23.6 Å². The van der Waals surface area contributed by atoms with Crippen LogP contribution in [0.2, 0.25) is 0 Å². The van der Waals surface area contributed by atoms with Gasteiger partial charge in [0.2, 0.25) is 0 Å². The summed E-state index contributed by atoms with van der Waals surface area (Å²) < 4.78 is 1.81. The molecule has 20 heavy (non-hydrogen) atoms. The Hall–Kier alpha value is -1.36. The number of carbonyl (C=O) groups is 1. The van der Waals surface area contributed by atoms with E-state index < -0.39 is 0 Å². The lowest BCUT2D eigenvalue weighted by molar-refractivity contribution is 0.0256. The second-order valence-electron chi connectivity index (χ2n) is 6.35. The van der Waals surface area contributed by atoms with E-state index in [1.807, 2.05) is 24.9 Å². The lowest BCUT2D eigenvalue weighted by Gasteiger charge is -2.36. The van der Waals surface area contributed by atoms with Gasteiger partial charge in [-0.05, 0) is 39.2 Å². The van der Waals surface area contributed by atoms with Gasteiger partial charge in [0, 0.05) is 18.8 Å². The molecule has 2 aliphatic rings. The van der Waals surface area contributed by atoms with Gasteiger partial charge >= 0.3 is 0 Å². The Kier molecular flexibility index (Phi) is 3.32. The van der Waals surface area contributed by atoms with Crippen LogP contribution in [0.25, 0.3) is 0 Å². The highest BCUT2D eigenvalue weighted by Crippen LogP contribution is 2.43. The number of aliphatic hydroxyl groups is 1. The molecular formula is C15H23N3O2. The standard InChI is InChI=1S/C15H23N3O2/c1-11(2)18-10-5-12(16-18)14(20)17-9-6-13(19)15(17)7-3-4-8-15/h5,10-11,13,19H,3-4,6-9H2,1-2H3/t13-/m0/s1. The zero-order valence-electron chi connectivity index (χ0n) is 12.2. The summed E-state index contributed by atoms with van der Waals surface area (Å²) in [7, 11) is 0. The summed E-state index contributed by atoms with van der Waals surface area (Å²) in [5, 5.41) is 14.7. The largest absolute Gasteiger partial charge is 0.391 e. The molecule has 0 bridgehead atoms. The van der Waals surface area contributed by atoms with Crippen molar-refractivity contribution < 1.29 is 9.90 Å². The van der Waals surface area contributed by atoms with Crippen molar-refractivity contribution in [3.8, 4) is 0 Å². The Labute approximate surface area is 119 Å². The molecule has 1 amide bonds. The predicted octanol–water partition coefficient (Wildman–Crippen LogP) is 1.98. The lowest BCUT2D eigenvalue weighted by atomic mass is 9.91. The van der Waals surface area contributed by atoms with Gasteiger partial charge in [-0.1, -0.05) is 12.8 Å². The summed E-state index contributed by atoms with van der Waals surface area (Å²) >= 11 is 0. The molecule has 1 aliphatic carbocycles. The van der Waals surface area contributed by atoms with Crippen molar-refractivity contribution in [3.63, 3.8) is 0 Å². The molecule has 1 aromatic rings. The first-order valence-corrected chi connectivity index (χ1v) is 7.60. The van der Waals surface area contributed by atoms with Crippen LogP contribution in [0.4, 0.5) is 0 Å². The van der Waals surface area contributed by atoms with Crippen LogP contribution in [0, 0.1) is 0 Å². The quantitative estimate of drug-likeness (QED) is 0.899. The molecule has 2 heterocycles. The number of aliphatic hydroxyl groups excluding tert-OH is 1. The highest BCUT2D eigenvalue weighted by molar-refractivity contribution is 5.93. The van der Waals surface area contributed by atoms with Crippen LogP contribution >= 0.6 is 0 Å². The Morgan fingerprint density at radius 3 is 2.75 bits per heavy atom. The van der Waals surface area contributed by atoms with Gasteiger partial charge < -0.3 is 10.0 Å². The van der Waals surface area contributed by atoms with Gasteiger partial charge in [0.1, 0.15) is 5.69 Å². The molecule has 0 aromatic carbocycles. The fourth-order valence-corrected chi connectivity index (χ4v) is 3.69. The van der Waals surface area contributed by atoms with Crippen LogP contribution in [-0.2, 0) is 0 Å². The molecule has 1 atom stereocenters. The second kappa shape index (κ2) is 4.88. The molecule has 2 fully saturated rings. The Morgan fingerprint density at radius 2 is 2.15 bits per heavy atom. The molecule has 1 spiro atoms. The monoisotopic (exact) mass is 277 g/mol. The fourth-order valence-electron chi connectivity index (χ4n) is 3.69. The zero-order valence-corrected chi connectivity index (χ0v) is 12.2. The fraction of sp³-hybridized carbons (Fsp3) is 0.733. The van der Waals surface area contributed by atoms with Crippen LogP contribution in [-0.4, -0.2) is 43.9 Å². The van der Waals surface area contributed by atoms with Crippen LogP contribution in [0.3, 0.4) is 0 Å². The Balaban J connectivity index is 1.86. The van der Waals surface area contributed by atoms with E-state index in [9.17, 15) is 9.90 Å². The molecule has 1 saturated heterocycles. The van der Waals surface area contributed by atoms with E-state index >= 15 is 0 Å². The van der Waals surface area contributed by atoms with Crippen molar-refractivity contribution in [1.82, 2.24) is 14.7 Å². The third-order valence-electron chi connectivity index (χ3n) is 4.86. The topological polar surface area (TPSA) is 58.4 Å². The van der Waals surface area contributed by atoms with Crippen molar-refractivity contribution in [1.29, 1.82) is 0 Å². The normalized spacial score (nSPS) is 25.0. The first-order chi connectivity index (χ1) is 9.54. The van der Waals surface area contributed by atoms with Crippen molar-refractivity contribution in [2.75, 3.05) is 6.54 Å². The zero-order chi connectivity index (χ0) is 14.3. The molecule has 3 rings (SSSR count). The number of carbonyl (C=O) groups excluding carboxylic acids is 1. The number of aromatic nitrogens is 2. The van der Waals surface area contributed by atoms with Crippen LogP contribution < -0.4 is 0 Å². The van der Waals surface area contributed by atoms with E-state index in [4.69, 9.17) is 0 Å². The van der Waals surface area contributed by atoms with Crippen LogP contribution in [0.1, 0.15) is 62.5 Å². The molecule has 0 unspecified atom stereocenters. The minimum atomic E-state index is -0.374. The molecule has 1 aliphatic heterocycles. The van der Waals surface area contributed by atoms with Crippen molar-refractivity contribution in [2.45, 2.75) is 63.6 Å². The molecule has 1 saturated carbocycles. The Morgan fingerprint density at radius 1 is 1.45 bits per heavy atom. The van der Waals surface area contributed by atoms with Gasteiger partial charge in [-0.2, -0.15) is 5.10 Å². The third-order valence-corrected chi connectivity index (χ3v) is 4.86. The lowest BCUT2D eigenvalue weighted by Crippen LogP contribution is -2.51. The highest BCUT2D eigenvalue weighted by Gasteiger charge is 2.51. The number of nitrogens with zero attached hydrogens (tertiary/aromatic N) is 3. The third kappa shape index (κ3) is 1.95. The van der Waals surface area contributed by atoms with E-state index in [0.717, 1.165) is 25.7 Å². The minimum Gasteiger partial charge on any atom is -0.391 e. The maximum absolute atomic E-state index is 12.7. The molecule has 5 heteroatoms. The number of hydrogen-bond acceptors (Lipinski definition) is 3. The van der Waals surface area contributed by atoms with Gasteiger partial charge in [-0.25, -0.2) is 0 Å². The van der Waals surface area contributed by atoms with Crippen molar-refractivity contribution in [3.05, 3.63) is 18.0 Å². The number of likely N-dealkylation sites (tertiary alicyclic amines) is 1. The number of hydrogen-bond donors (Lipinski definition) is 1. The molecule has 5 nitrogen and oxygen atoms in total. The average molecular weight is 277 g/mol. The number of amides is 1. The van der Waals surface area contributed by atoms with Gasteiger partial charge in [0.25, 0.3) is 5.91 Å². The maximum Gasteiger partial charge on any atom is 0.274 e. The van der Waals surface area contributed by atoms with Crippen molar-refractivity contribution >= 4 is 5.91 Å². The first kappa shape index (κ1) is 13.6. The van der Waals surface area contributed by atoms with E-state index in [2.05, 4.69) is 5.10 Å². The average Bonchev–Trinajstić information content (AvgIpc) is 3.13. The smallest absolute Gasteiger partial charge is 0.274 e. The minimum absolute atomic E-state index is 0.0251. The van der Waals surface area contributed by atoms with E-state index in [1.165, 1.54) is 0 Å². The maximum atomic E-state index is 12.7. The first-order valence-electron chi connectivity index (χ1n) is 7.60. The summed E-state index contributed by atoms with van der Waals surface area (Å²) in [4.78, 5) is 14.6. The summed E-state index contributed by atoms with van der Waals surface area (Å²) in [5.74, 6) is -0.0251. The SMILES string of the molecule is CC(C)n1ccc(C(=O)N2CC[C@H](O)C23CCCC3)n1. The van der Waals surface area contributed by atoms with Gasteiger partial charge in [-0.15, -0.1) is 0 Å². The predicted molar refractivity (Wildman–Crippen MR) is 75.5 cm³/mol. The molecule has 1 N–H and O–H groups in total. The van der Waals surface area contributed by atoms with E-state index in [0.29, 0.717) is 18.7 Å². The van der Waals surface area contributed by atoms with Gasteiger partial charge in [0.15, 0.2) is 0 Å². The van der Waals surface area contributed by atoms with Gasteiger partial charge in [-0.3, -0.25) is 9.48 Å². The molecular weight excluding hydrogens is 254 g/mol. The summed E-state index contributed by atoms with van der Waals surface area (Å²) in [6, 6.07) is 2.04. The summed E-state index contributed by atoms with van der Waals surface area (Å²) in [6.45, 7) is 4.73. The second-order valence-corrected chi connectivity index (χ2v) is 6.35. The molecule has 110 valence electrons. The summed E-state index contributed by atoms with van der Waals surface area (Å²) in [5.41, 5.74) is 0.178. The number of rotatable bonds is 2. The van der Waals surface area contributed by atoms with E-state index in [1.54, 1.807) is 10.7 Å². The molecule has 1 aromatic heterocycles. The highest BCUT2D eigenvalue weighted by atomic mass is 16.3. The summed E-state index contributed by atoms with van der Waals surface area (Å²) in [6.07, 6.45) is 6.21. The van der Waals surface area contributed by atoms with Crippen LogP contribution in [0.15, 0.2) is 12.3 Å².